The molecule has 1 aliphatic rings. The van der Waals surface area contributed by atoms with Gasteiger partial charge in [0.25, 0.3) is 0 Å². The SMILES string of the molecule is Cc1nc(N)c2[nH]c(=O)n(Cc3cnc(CCC4CCC4)cn3)c2n1. The van der Waals surface area contributed by atoms with Gasteiger partial charge in [0.2, 0.25) is 0 Å². The number of imidazole rings is 1. The van der Waals surface area contributed by atoms with Gasteiger partial charge in [-0.3, -0.25) is 14.5 Å². The molecule has 8 nitrogen and oxygen atoms in total. The number of aryl methyl sites for hydroxylation is 2. The van der Waals surface area contributed by atoms with Crippen molar-refractivity contribution in [2.45, 2.75) is 45.6 Å². The molecule has 8 heteroatoms. The second-order valence-corrected chi connectivity index (χ2v) is 6.71. The van der Waals surface area contributed by atoms with Crippen molar-refractivity contribution in [3.8, 4) is 0 Å². The van der Waals surface area contributed by atoms with E-state index in [-0.39, 0.29) is 11.5 Å². The number of nitrogens with zero attached hydrogens (tertiary/aromatic N) is 5. The van der Waals surface area contributed by atoms with E-state index in [4.69, 9.17) is 5.73 Å². The topological polar surface area (TPSA) is 115 Å². The number of fused-ring (bicyclic) bond motifs is 1. The van der Waals surface area contributed by atoms with E-state index in [1.807, 2.05) is 6.20 Å². The number of aromatic amines is 1. The Morgan fingerprint density at radius 3 is 2.68 bits per heavy atom. The number of hydrogen-bond donors (Lipinski definition) is 2. The van der Waals surface area contributed by atoms with Gasteiger partial charge in [0.1, 0.15) is 11.3 Å². The quantitative estimate of drug-likeness (QED) is 0.729. The van der Waals surface area contributed by atoms with Gasteiger partial charge < -0.3 is 10.7 Å². The van der Waals surface area contributed by atoms with Crippen LogP contribution in [0.5, 0.6) is 0 Å². The van der Waals surface area contributed by atoms with Crippen LogP contribution >= 0.6 is 0 Å². The van der Waals surface area contributed by atoms with Crippen LogP contribution < -0.4 is 11.4 Å². The molecule has 3 heterocycles. The first-order chi connectivity index (χ1) is 12.1. The number of rotatable bonds is 5. The summed E-state index contributed by atoms with van der Waals surface area (Å²) in [5.41, 5.74) is 8.25. The minimum absolute atomic E-state index is 0.274. The van der Waals surface area contributed by atoms with E-state index in [2.05, 4.69) is 24.9 Å². The van der Waals surface area contributed by atoms with Crippen LogP contribution in [0.15, 0.2) is 17.2 Å². The molecule has 1 aliphatic carbocycles. The summed E-state index contributed by atoms with van der Waals surface area (Å²) in [5.74, 6) is 1.66. The minimum Gasteiger partial charge on any atom is -0.382 e. The predicted molar refractivity (Wildman–Crippen MR) is 94.1 cm³/mol. The molecule has 130 valence electrons. The molecule has 0 saturated heterocycles. The van der Waals surface area contributed by atoms with Gasteiger partial charge in [0.15, 0.2) is 11.5 Å². The highest BCUT2D eigenvalue weighted by molar-refractivity contribution is 5.81. The average Bonchev–Trinajstić information content (AvgIpc) is 2.84. The lowest BCUT2D eigenvalue weighted by Crippen LogP contribution is -2.18. The highest BCUT2D eigenvalue weighted by atomic mass is 16.1. The molecule has 1 saturated carbocycles. The molecule has 4 rings (SSSR count). The van der Waals surface area contributed by atoms with Crippen LogP contribution in [0.25, 0.3) is 11.2 Å². The lowest BCUT2D eigenvalue weighted by Gasteiger charge is -2.24. The summed E-state index contributed by atoms with van der Waals surface area (Å²) in [4.78, 5) is 32.3. The van der Waals surface area contributed by atoms with Crippen molar-refractivity contribution in [2.75, 3.05) is 5.73 Å². The summed E-state index contributed by atoms with van der Waals surface area (Å²) in [6.07, 6.45) is 9.75. The molecule has 0 atom stereocenters. The highest BCUT2D eigenvalue weighted by Crippen LogP contribution is 2.30. The maximum absolute atomic E-state index is 12.2. The highest BCUT2D eigenvalue weighted by Gasteiger charge is 2.17. The maximum Gasteiger partial charge on any atom is 0.328 e. The Balaban J connectivity index is 1.54. The monoisotopic (exact) mass is 339 g/mol. The van der Waals surface area contributed by atoms with E-state index < -0.39 is 0 Å². The molecule has 0 unspecified atom stereocenters. The zero-order valence-electron chi connectivity index (χ0n) is 14.2. The van der Waals surface area contributed by atoms with E-state index in [1.165, 1.54) is 30.3 Å². The molecule has 3 aromatic heterocycles. The first-order valence-corrected chi connectivity index (χ1v) is 8.62. The summed E-state index contributed by atoms with van der Waals surface area (Å²) in [5, 5.41) is 0. The zero-order chi connectivity index (χ0) is 17.4. The average molecular weight is 339 g/mol. The molecule has 0 amide bonds. The second-order valence-electron chi connectivity index (χ2n) is 6.71. The van der Waals surface area contributed by atoms with Crippen molar-refractivity contribution in [1.29, 1.82) is 0 Å². The van der Waals surface area contributed by atoms with Gasteiger partial charge in [-0.1, -0.05) is 19.3 Å². The lowest BCUT2D eigenvalue weighted by atomic mass is 9.82. The Morgan fingerprint density at radius 1 is 1.24 bits per heavy atom. The lowest BCUT2D eigenvalue weighted by molar-refractivity contribution is 0.295. The third-order valence-corrected chi connectivity index (χ3v) is 4.87. The first-order valence-electron chi connectivity index (χ1n) is 8.62. The van der Waals surface area contributed by atoms with Gasteiger partial charge >= 0.3 is 5.69 Å². The molecular formula is C17H21N7O. The molecule has 0 spiro atoms. The largest absolute Gasteiger partial charge is 0.382 e. The minimum atomic E-state index is -0.280. The van der Waals surface area contributed by atoms with Crippen molar-refractivity contribution >= 4 is 17.0 Å². The molecule has 0 radical (unpaired) electrons. The fourth-order valence-corrected chi connectivity index (χ4v) is 3.20. The van der Waals surface area contributed by atoms with Crippen molar-refractivity contribution < 1.29 is 0 Å². The molecule has 3 N–H and O–H groups in total. The van der Waals surface area contributed by atoms with Gasteiger partial charge in [0.05, 0.1) is 24.1 Å². The van der Waals surface area contributed by atoms with Crippen LogP contribution in [-0.2, 0) is 13.0 Å². The Kier molecular flexibility index (Phi) is 3.95. The Labute approximate surface area is 144 Å². The van der Waals surface area contributed by atoms with Gasteiger partial charge in [-0.2, -0.15) is 0 Å². The molecule has 0 bridgehead atoms. The van der Waals surface area contributed by atoms with Gasteiger partial charge in [-0.05, 0) is 25.7 Å². The van der Waals surface area contributed by atoms with E-state index in [0.29, 0.717) is 29.2 Å². The summed E-state index contributed by atoms with van der Waals surface area (Å²) < 4.78 is 1.51. The number of H-pyrrole nitrogens is 1. The molecule has 0 aliphatic heterocycles. The molecule has 0 aromatic carbocycles. The smallest absolute Gasteiger partial charge is 0.328 e. The third kappa shape index (κ3) is 3.11. The van der Waals surface area contributed by atoms with E-state index in [9.17, 15) is 4.79 Å². The van der Waals surface area contributed by atoms with Crippen molar-refractivity contribution in [2.24, 2.45) is 5.92 Å². The summed E-state index contributed by atoms with van der Waals surface area (Å²) in [6.45, 7) is 2.04. The fraction of sp³-hybridized carbons (Fsp3) is 0.471. The van der Waals surface area contributed by atoms with Crippen LogP contribution in [0.2, 0.25) is 0 Å². The van der Waals surface area contributed by atoms with Gasteiger partial charge in [-0.25, -0.2) is 14.8 Å². The summed E-state index contributed by atoms with van der Waals surface area (Å²) >= 11 is 0. The van der Waals surface area contributed by atoms with Gasteiger partial charge in [0, 0.05) is 6.20 Å². The van der Waals surface area contributed by atoms with Crippen LogP contribution in [-0.4, -0.2) is 29.5 Å². The number of nitrogens with one attached hydrogen (secondary N) is 1. The van der Waals surface area contributed by atoms with Crippen LogP contribution in [0.4, 0.5) is 5.82 Å². The third-order valence-electron chi connectivity index (χ3n) is 4.87. The number of nitrogens with two attached hydrogens (primary N) is 1. The zero-order valence-corrected chi connectivity index (χ0v) is 14.2. The Hall–Kier alpha value is -2.77. The summed E-state index contributed by atoms with van der Waals surface area (Å²) in [7, 11) is 0. The van der Waals surface area contributed by atoms with Crippen molar-refractivity contribution in [3.63, 3.8) is 0 Å². The number of anilines is 1. The number of aromatic nitrogens is 6. The number of nitrogen functional groups attached to an aromatic ring is 1. The van der Waals surface area contributed by atoms with Crippen molar-refractivity contribution in [3.05, 3.63) is 40.1 Å². The standard InChI is InChI=1S/C17H21N7O/c1-10-21-15(18)14-16(22-10)24(17(25)23-14)9-13-8-19-12(7-20-13)6-5-11-3-2-4-11/h7-8,11H,2-6,9H2,1H3,(H,23,25)(H2,18,21,22). The predicted octanol–water partition coefficient (Wildman–Crippen LogP) is 1.58. The van der Waals surface area contributed by atoms with Gasteiger partial charge in [-0.15, -0.1) is 0 Å². The van der Waals surface area contributed by atoms with E-state index >= 15 is 0 Å². The maximum atomic E-state index is 12.2. The van der Waals surface area contributed by atoms with Crippen LogP contribution in [0.1, 0.15) is 42.9 Å². The molecule has 1 fully saturated rings. The van der Waals surface area contributed by atoms with E-state index in [1.54, 1.807) is 13.1 Å². The molecular weight excluding hydrogens is 318 g/mol. The normalized spacial score (nSPS) is 14.8. The second kappa shape index (κ2) is 6.27. The summed E-state index contributed by atoms with van der Waals surface area (Å²) in [6, 6.07) is 0. The van der Waals surface area contributed by atoms with Crippen LogP contribution in [0, 0.1) is 12.8 Å². The number of hydrogen-bond acceptors (Lipinski definition) is 6. The Morgan fingerprint density at radius 2 is 2.00 bits per heavy atom. The molecule has 25 heavy (non-hydrogen) atoms. The molecule has 3 aromatic rings. The Bertz CT molecular complexity index is 954. The fourth-order valence-electron chi connectivity index (χ4n) is 3.20. The van der Waals surface area contributed by atoms with Crippen molar-refractivity contribution in [1.82, 2.24) is 29.5 Å². The first kappa shape index (κ1) is 15.7. The van der Waals surface area contributed by atoms with Crippen LogP contribution in [0.3, 0.4) is 0 Å². The van der Waals surface area contributed by atoms with E-state index in [0.717, 1.165) is 18.0 Å².